The molecule has 0 aliphatic heterocycles. The van der Waals surface area contributed by atoms with Crippen LogP contribution in [0.3, 0.4) is 0 Å². The zero-order chi connectivity index (χ0) is 15.3. The van der Waals surface area contributed by atoms with Crippen LogP contribution in [0.5, 0.6) is 0 Å². The Balaban J connectivity index is 2.03. The van der Waals surface area contributed by atoms with Crippen molar-refractivity contribution in [3.8, 4) is 0 Å². The standard InChI is InChI=1S/C15H24N2O2S2/c1-3-20-14-8-7-13(10-14)17-21(18,19)15-6-4-5-12(9-15)11-16-2/h4-6,9,13-14,16-17H,3,7-8,10-11H2,1-2H3. The summed E-state index contributed by atoms with van der Waals surface area (Å²) in [5, 5.41) is 3.63. The van der Waals surface area contributed by atoms with Gasteiger partial charge in [0.2, 0.25) is 10.0 Å². The second-order valence-electron chi connectivity index (χ2n) is 5.39. The summed E-state index contributed by atoms with van der Waals surface area (Å²) in [7, 11) is -1.56. The van der Waals surface area contributed by atoms with Crippen molar-refractivity contribution in [3.05, 3.63) is 29.8 Å². The lowest BCUT2D eigenvalue weighted by molar-refractivity contribution is 0.552. The van der Waals surface area contributed by atoms with Gasteiger partial charge >= 0.3 is 0 Å². The molecule has 6 heteroatoms. The molecule has 21 heavy (non-hydrogen) atoms. The molecule has 118 valence electrons. The Morgan fingerprint density at radius 1 is 1.33 bits per heavy atom. The quantitative estimate of drug-likeness (QED) is 0.807. The highest BCUT2D eigenvalue weighted by atomic mass is 32.2. The van der Waals surface area contributed by atoms with Crippen molar-refractivity contribution in [1.29, 1.82) is 0 Å². The van der Waals surface area contributed by atoms with E-state index < -0.39 is 10.0 Å². The van der Waals surface area contributed by atoms with Crippen LogP contribution >= 0.6 is 11.8 Å². The number of rotatable bonds is 7. The Kier molecular flexibility index (Phi) is 6.10. The maximum absolute atomic E-state index is 12.5. The van der Waals surface area contributed by atoms with Gasteiger partial charge in [0.05, 0.1) is 4.90 Å². The highest BCUT2D eigenvalue weighted by molar-refractivity contribution is 7.99. The topological polar surface area (TPSA) is 58.2 Å². The van der Waals surface area contributed by atoms with Gasteiger partial charge in [-0.3, -0.25) is 0 Å². The first-order valence-electron chi connectivity index (χ1n) is 7.42. The van der Waals surface area contributed by atoms with Crippen molar-refractivity contribution in [2.75, 3.05) is 12.8 Å². The highest BCUT2D eigenvalue weighted by Gasteiger charge is 2.28. The van der Waals surface area contributed by atoms with E-state index in [4.69, 9.17) is 0 Å². The van der Waals surface area contributed by atoms with E-state index in [1.807, 2.05) is 24.9 Å². The normalized spacial score (nSPS) is 22.6. The average molecular weight is 329 g/mol. The summed E-state index contributed by atoms with van der Waals surface area (Å²) in [6, 6.07) is 7.21. The Morgan fingerprint density at radius 2 is 2.14 bits per heavy atom. The van der Waals surface area contributed by atoms with Crippen molar-refractivity contribution in [3.63, 3.8) is 0 Å². The molecule has 2 N–H and O–H groups in total. The molecule has 2 unspecified atom stereocenters. The minimum absolute atomic E-state index is 0.0759. The zero-order valence-corrected chi connectivity index (χ0v) is 14.3. The van der Waals surface area contributed by atoms with Crippen LogP contribution in [0, 0.1) is 0 Å². The molecule has 0 heterocycles. The molecular weight excluding hydrogens is 304 g/mol. The number of hydrogen-bond acceptors (Lipinski definition) is 4. The third kappa shape index (κ3) is 4.71. The van der Waals surface area contributed by atoms with Crippen molar-refractivity contribution in [1.82, 2.24) is 10.0 Å². The molecule has 0 spiro atoms. The van der Waals surface area contributed by atoms with Gasteiger partial charge in [0, 0.05) is 17.8 Å². The fourth-order valence-electron chi connectivity index (χ4n) is 2.75. The molecule has 0 radical (unpaired) electrons. The summed E-state index contributed by atoms with van der Waals surface area (Å²) in [5.74, 6) is 1.09. The summed E-state index contributed by atoms with van der Waals surface area (Å²) in [4.78, 5) is 0.363. The third-order valence-electron chi connectivity index (χ3n) is 3.70. The molecule has 1 aliphatic rings. The summed E-state index contributed by atoms with van der Waals surface area (Å²) in [5.41, 5.74) is 0.978. The van der Waals surface area contributed by atoms with Crippen molar-refractivity contribution in [2.24, 2.45) is 0 Å². The van der Waals surface area contributed by atoms with Crippen LogP contribution in [-0.4, -0.2) is 32.5 Å². The molecule has 0 bridgehead atoms. The van der Waals surface area contributed by atoms with E-state index in [9.17, 15) is 8.42 Å². The van der Waals surface area contributed by atoms with Crippen molar-refractivity contribution < 1.29 is 8.42 Å². The van der Waals surface area contributed by atoms with E-state index in [0.717, 1.165) is 30.6 Å². The molecule has 1 aromatic carbocycles. The van der Waals surface area contributed by atoms with E-state index in [2.05, 4.69) is 17.0 Å². The SMILES string of the molecule is CCSC1CCC(NS(=O)(=O)c2cccc(CNC)c2)C1. The molecule has 0 saturated heterocycles. The first-order chi connectivity index (χ1) is 10.0. The minimum Gasteiger partial charge on any atom is -0.316 e. The summed E-state index contributed by atoms with van der Waals surface area (Å²) in [6.07, 6.45) is 2.98. The fraction of sp³-hybridized carbons (Fsp3) is 0.600. The average Bonchev–Trinajstić information content (AvgIpc) is 2.86. The number of nitrogens with one attached hydrogen (secondary N) is 2. The van der Waals surface area contributed by atoms with Crippen LogP contribution in [0.1, 0.15) is 31.7 Å². The Labute approximate surface area is 132 Å². The number of sulfonamides is 1. The Bertz CT molecular complexity index is 561. The van der Waals surface area contributed by atoms with E-state index in [1.54, 1.807) is 18.2 Å². The van der Waals surface area contributed by atoms with Gasteiger partial charge in [-0.05, 0) is 49.8 Å². The zero-order valence-electron chi connectivity index (χ0n) is 12.6. The molecule has 1 aromatic rings. The highest BCUT2D eigenvalue weighted by Crippen LogP contribution is 2.30. The van der Waals surface area contributed by atoms with Crippen LogP contribution < -0.4 is 10.0 Å². The lowest BCUT2D eigenvalue weighted by atomic mass is 10.2. The summed E-state index contributed by atoms with van der Waals surface area (Å²) in [6.45, 7) is 2.82. The van der Waals surface area contributed by atoms with Gasteiger partial charge in [0.25, 0.3) is 0 Å². The molecule has 1 saturated carbocycles. The van der Waals surface area contributed by atoms with Gasteiger partial charge in [-0.25, -0.2) is 13.1 Å². The summed E-state index contributed by atoms with van der Waals surface area (Å²) >= 11 is 1.93. The van der Waals surface area contributed by atoms with Gasteiger partial charge in [0.15, 0.2) is 0 Å². The van der Waals surface area contributed by atoms with E-state index >= 15 is 0 Å². The lowest BCUT2D eigenvalue weighted by Gasteiger charge is -2.14. The van der Waals surface area contributed by atoms with Crippen molar-refractivity contribution >= 4 is 21.8 Å². The van der Waals surface area contributed by atoms with Gasteiger partial charge in [-0.15, -0.1) is 0 Å². The largest absolute Gasteiger partial charge is 0.316 e. The lowest BCUT2D eigenvalue weighted by Crippen LogP contribution is -2.33. The predicted octanol–water partition coefficient (Wildman–Crippen LogP) is 2.36. The monoisotopic (exact) mass is 328 g/mol. The first-order valence-corrected chi connectivity index (χ1v) is 9.96. The smallest absolute Gasteiger partial charge is 0.240 e. The number of thioether (sulfide) groups is 1. The van der Waals surface area contributed by atoms with Crippen molar-refractivity contribution in [2.45, 2.75) is 48.9 Å². The van der Waals surface area contributed by atoms with Crippen LogP contribution in [0.25, 0.3) is 0 Å². The number of benzene rings is 1. The molecule has 2 rings (SSSR count). The second kappa shape index (κ2) is 7.63. The van der Waals surface area contributed by atoms with E-state index in [1.165, 1.54) is 0 Å². The van der Waals surface area contributed by atoms with Gasteiger partial charge in [-0.2, -0.15) is 11.8 Å². The maximum atomic E-state index is 12.5. The number of hydrogen-bond donors (Lipinski definition) is 2. The van der Waals surface area contributed by atoms with Crippen LogP contribution in [0.2, 0.25) is 0 Å². The third-order valence-corrected chi connectivity index (χ3v) is 6.45. The molecule has 1 aliphatic carbocycles. The maximum Gasteiger partial charge on any atom is 0.240 e. The predicted molar refractivity (Wildman–Crippen MR) is 89.1 cm³/mol. The first kappa shape index (κ1) is 16.8. The van der Waals surface area contributed by atoms with Crippen LogP contribution in [0.15, 0.2) is 29.2 Å². The van der Waals surface area contributed by atoms with Gasteiger partial charge in [-0.1, -0.05) is 19.1 Å². The minimum atomic E-state index is -3.41. The Morgan fingerprint density at radius 3 is 2.86 bits per heavy atom. The second-order valence-corrected chi connectivity index (χ2v) is 8.68. The fourth-order valence-corrected chi connectivity index (χ4v) is 5.24. The van der Waals surface area contributed by atoms with Gasteiger partial charge < -0.3 is 5.32 Å². The van der Waals surface area contributed by atoms with Crippen LogP contribution in [0.4, 0.5) is 0 Å². The van der Waals surface area contributed by atoms with Gasteiger partial charge in [0.1, 0.15) is 0 Å². The molecule has 2 atom stereocenters. The van der Waals surface area contributed by atoms with Crippen LogP contribution in [-0.2, 0) is 16.6 Å². The molecule has 0 aromatic heterocycles. The van der Waals surface area contributed by atoms with E-state index in [-0.39, 0.29) is 6.04 Å². The Hall–Kier alpha value is -0.560. The molecule has 4 nitrogen and oxygen atoms in total. The molecule has 0 amide bonds. The molecule has 1 fully saturated rings. The summed E-state index contributed by atoms with van der Waals surface area (Å²) < 4.78 is 27.8. The molecular formula is C15H24N2O2S2. The van der Waals surface area contributed by atoms with E-state index in [0.29, 0.717) is 16.7 Å².